The highest BCUT2D eigenvalue weighted by molar-refractivity contribution is 5.43. The lowest BCUT2D eigenvalue weighted by Crippen LogP contribution is -2.25. The fraction of sp³-hybridized carbons (Fsp3) is 0.639. The Labute approximate surface area is 254 Å². The number of fused-ring (bicyclic) bond motifs is 1. The maximum Gasteiger partial charge on any atom is 0.168 e. The van der Waals surface area contributed by atoms with E-state index < -0.39 is 5.41 Å². The first-order valence-electron chi connectivity index (χ1n) is 16.4. The number of azo groups is 1. The molecule has 0 amide bonds. The van der Waals surface area contributed by atoms with Crippen LogP contribution < -0.4 is 9.62 Å². The van der Waals surface area contributed by atoms with Crippen LogP contribution in [0.5, 0.6) is 11.5 Å². The molecule has 0 radical (unpaired) electrons. The molecule has 0 fully saturated rings. The summed E-state index contributed by atoms with van der Waals surface area (Å²) in [5.41, 5.74) is 2.90. The number of nitriles is 1. The number of hydrogen-bond acceptors (Lipinski definition) is 6. The minimum atomic E-state index is -0.545. The summed E-state index contributed by atoms with van der Waals surface area (Å²) in [6.07, 6.45) is 19.1. The third-order valence-electron chi connectivity index (χ3n) is 8.71. The van der Waals surface area contributed by atoms with Crippen LogP contribution in [0.2, 0.25) is 0 Å². The van der Waals surface area contributed by atoms with Crippen molar-refractivity contribution in [2.24, 2.45) is 10.2 Å². The Bertz CT molecular complexity index is 1110. The minimum Gasteiger partial charge on any atom is -0.497 e. The van der Waals surface area contributed by atoms with E-state index in [-0.39, 0.29) is 6.04 Å². The van der Waals surface area contributed by atoms with Crippen LogP contribution in [0.1, 0.15) is 120 Å². The van der Waals surface area contributed by atoms with Crippen molar-refractivity contribution in [3.8, 4) is 17.6 Å². The number of methoxy groups -OCH3 is 1. The zero-order valence-electron chi connectivity index (χ0n) is 26.4. The van der Waals surface area contributed by atoms with Crippen LogP contribution in [-0.2, 0) is 23.1 Å². The van der Waals surface area contributed by atoms with Crippen molar-refractivity contribution in [1.29, 1.82) is 5.26 Å². The quantitative estimate of drug-likeness (QED) is 0.0843. The van der Waals surface area contributed by atoms with Gasteiger partial charge in [0.25, 0.3) is 0 Å². The second-order valence-corrected chi connectivity index (χ2v) is 11.9. The fourth-order valence-electron chi connectivity index (χ4n) is 6.12. The van der Waals surface area contributed by atoms with Crippen LogP contribution in [-0.4, -0.2) is 26.8 Å². The van der Waals surface area contributed by atoms with Crippen molar-refractivity contribution in [2.45, 2.75) is 128 Å². The predicted octanol–water partition coefficient (Wildman–Crippen LogP) is 9.89. The van der Waals surface area contributed by atoms with Crippen molar-refractivity contribution >= 4 is 0 Å². The van der Waals surface area contributed by atoms with Crippen LogP contribution >= 0.6 is 0 Å². The van der Waals surface area contributed by atoms with Gasteiger partial charge in [-0.15, -0.1) is 0 Å². The Hall–Kier alpha value is -2.91. The molecule has 1 heterocycles. The molecule has 230 valence electrons. The highest BCUT2D eigenvalue weighted by Crippen LogP contribution is 2.39. The van der Waals surface area contributed by atoms with Gasteiger partial charge in [-0.05, 0) is 67.9 Å². The van der Waals surface area contributed by atoms with Crippen molar-refractivity contribution in [2.75, 3.05) is 20.8 Å². The van der Waals surface area contributed by atoms with Gasteiger partial charge >= 0.3 is 0 Å². The van der Waals surface area contributed by atoms with Gasteiger partial charge in [0.1, 0.15) is 5.75 Å². The Morgan fingerprint density at radius 2 is 1.67 bits per heavy atom. The Morgan fingerprint density at radius 1 is 0.929 bits per heavy atom. The number of ether oxygens (including phenoxy) is 1. The van der Waals surface area contributed by atoms with Gasteiger partial charge in [0.15, 0.2) is 5.75 Å². The van der Waals surface area contributed by atoms with Crippen LogP contribution in [0.3, 0.4) is 0 Å². The lowest BCUT2D eigenvalue weighted by Gasteiger charge is -2.29. The number of nitrogens with zero attached hydrogens (tertiary/aromatic N) is 3. The molecule has 0 saturated heterocycles. The Balaban J connectivity index is 1.59. The molecule has 2 aromatic rings. The van der Waals surface area contributed by atoms with Gasteiger partial charge in [0, 0.05) is 19.0 Å². The molecule has 0 aliphatic carbocycles. The van der Waals surface area contributed by atoms with Gasteiger partial charge in [0.2, 0.25) is 0 Å². The van der Waals surface area contributed by atoms with E-state index in [0.29, 0.717) is 6.61 Å². The van der Waals surface area contributed by atoms with Crippen LogP contribution in [0.4, 0.5) is 0 Å². The SMILES string of the molecule is CCCCCCCCCCCCC(C#N)(CCCC(CCc1cccc(OC)c1)/N=N/C)c1ccc2c(c1)OOCC2. The third-order valence-corrected chi connectivity index (χ3v) is 8.71. The molecule has 0 saturated carbocycles. The summed E-state index contributed by atoms with van der Waals surface area (Å²) in [5.74, 6) is 1.64. The first-order chi connectivity index (χ1) is 20.6. The molecule has 1 aliphatic heterocycles. The van der Waals surface area contributed by atoms with E-state index in [0.717, 1.165) is 74.0 Å². The van der Waals surface area contributed by atoms with Crippen molar-refractivity contribution in [1.82, 2.24) is 0 Å². The summed E-state index contributed by atoms with van der Waals surface area (Å²) in [7, 11) is 3.45. The van der Waals surface area contributed by atoms with Crippen molar-refractivity contribution in [3.63, 3.8) is 0 Å². The maximum atomic E-state index is 10.7. The molecule has 0 spiro atoms. The minimum absolute atomic E-state index is 0.134. The summed E-state index contributed by atoms with van der Waals surface area (Å²) in [4.78, 5) is 10.8. The summed E-state index contributed by atoms with van der Waals surface area (Å²) in [6.45, 7) is 2.84. The summed E-state index contributed by atoms with van der Waals surface area (Å²) >= 11 is 0. The largest absolute Gasteiger partial charge is 0.497 e. The van der Waals surface area contributed by atoms with Crippen molar-refractivity contribution < 1.29 is 14.5 Å². The Kier molecular flexibility index (Phi) is 15.4. The van der Waals surface area contributed by atoms with Gasteiger partial charge in [-0.2, -0.15) is 20.4 Å². The third kappa shape index (κ3) is 11.1. The lowest BCUT2D eigenvalue weighted by atomic mass is 9.73. The van der Waals surface area contributed by atoms with Crippen LogP contribution in [0.25, 0.3) is 0 Å². The summed E-state index contributed by atoms with van der Waals surface area (Å²) in [5, 5.41) is 19.4. The highest BCUT2D eigenvalue weighted by Gasteiger charge is 2.33. The fourth-order valence-corrected chi connectivity index (χ4v) is 6.12. The van der Waals surface area contributed by atoms with E-state index in [1.54, 1.807) is 14.2 Å². The molecular formula is C36H53N3O3. The van der Waals surface area contributed by atoms with Gasteiger partial charge < -0.3 is 9.62 Å². The molecule has 6 nitrogen and oxygen atoms in total. The van der Waals surface area contributed by atoms with E-state index in [9.17, 15) is 5.26 Å². The monoisotopic (exact) mass is 575 g/mol. The predicted molar refractivity (Wildman–Crippen MR) is 170 cm³/mol. The first-order valence-corrected chi connectivity index (χ1v) is 16.4. The number of benzene rings is 2. The van der Waals surface area contributed by atoms with E-state index >= 15 is 0 Å². The molecule has 3 rings (SSSR count). The van der Waals surface area contributed by atoms with Crippen LogP contribution in [0, 0.1) is 11.3 Å². The smallest absolute Gasteiger partial charge is 0.168 e. The molecular weight excluding hydrogens is 522 g/mol. The first kappa shape index (κ1) is 33.6. The number of aryl methyl sites for hydroxylation is 1. The average Bonchev–Trinajstić information content (AvgIpc) is 3.03. The highest BCUT2D eigenvalue weighted by atomic mass is 17.2. The van der Waals surface area contributed by atoms with Gasteiger partial charge in [-0.25, -0.2) is 0 Å². The average molecular weight is 576 g/mol. The van der Waals surface area contributed by atoms with E-state index in [2.05, 4.69) is 53.6 Å². The molecule has 2 aromatic carbocycles. The van der Waals surface area contributed by atoms with E-state index in [4.69, 9.17) is 14.5 Å². The van der Waals surface area contributed by atoms with E-state index in [1.165, 1.54) is 63.4 Å². The number of unbranched alkanes of at least 4 members (excludes halogenated alkanes) is 9. The van der Waals surface area contributed by atoms with Gasteiger partial charge in [-0.3, -0.25) is 0 Å². The summed E-state index contributed by atoms with van der Waals surface area (Å²) < 4.78 is 5.39. The van der Waals surface area contributed by atoms with Crippen molar-refractivity contribution in [3.05, 3.63) is 59.2 Å². The Morgan fingerprint density at radius 3 is 2.38 bits per heavy atom. The second-order valence-electron chi connectivity index (χ2n) is 11.9. The molecule has 2 atom stereocenters. The normalized spacial score (nSPS) is 15.0. The molecule has 42 heavy (non-hydrogen) atoms. The molecule has 1 aliphatic rings. The molecule has 2 unspecified atom stereocenters. The van der Waals surface area contributed by atoms with Gasteiger partial charge in [-0.1, -0.05) is 95.4 Å². The second kappa shape index (κ2) is 19.3. The lowest BCUT2D eigenvalue weighted by molar-refractivity contribution is -0.215. The van der Waals surface area contributed by atoms with E-state index in [1.807, 2.05) is 12.1 Å². The molecule has 0 bridgehead atoms. The standard InChI is InChI=1S/C36H53N3O3/c1-4-5-6-7-8-9-10-11-12-13-24-36(29-37,32-21-20-31-23-26-41-42-35(31)28-32)25-15-17-33(39-38-2)22-19-30-16-14-18-34(27-30)40-3/h14,16,18,20-21,27-28,33H,4-13,15,17,19,22-26H2,1-3H3/b39-38+. The maximum absolute atomic E-state index is 10.7. The zero-order chi connectivity index (χ0) is 29.9. The topological polar surface area (TPSA) is 76.2 Å². The number of hydrogen-bond donors (Lipinski definition) is 0. The number of rotatable bonds is 21. The molecule has 6 heteroatoms. The van der Waals surface area contributed by atoms with Gasteiger partial charge in [0.05, 0.1) is 31.2 Å². The molecule has 0 N–H and O–H groups in total. The van der Waals surface area contributed by atoms with Crippen LogP contribution in [0.15, 0.2) is 52.7 Å². The molecule has 0 aromatic heterocycles. The summed E-state index contributed by atoms with van der Waals surface area (Å²) in [6, 6.07) is 17.5. The zero-order valence-corrected chi connectivity index (χ0v) is 26.4.